The highest BCUT2D eigenvalue weighted by atomic mass is 35.6. The predicted octanol–water partition coefficient (Wildman–Crippen LogP) is 2.94. The van der Waals surface area contributed by atoms with Crippen molar-refractivity contribution in [2.24, 2.45) is 0 Å². The maximum Gasteiger partial charge on any atom is 0.471 e. The Balaban J connectivity index is 1.64. The zero-order valence-electron chi connectivity index (χ0n) is 18.7. The third-order valence-corrected chi connectivity index (χ3v) is 6.13. The van der Waals surface area contributed by atoms with Crippen LogP contribution in [0.5, 0.6) is 0 Å². The molecule has 36 heavy (non-hydrogen) atoms. The Labute approximate surface area is 218 Å². The topological polar surface area (TPSA) is 94.2 Å². The van der Waals surface area contributed by atoms with Crippen LogP contribution >= 0.6 is 34.8 Å². The molecule has 0 radical (unpaired) electrons. The molecule has 0 aliphatic carbocycles. The van der Waals surface area contributed by atoms with E-state index in [1.165, 1.54) is 11.8 Å². The summed E-state index contributed by atoms with van der Waals surface area (Å²) in [4.78, 5) is 38.5. The molecular formula is C20H22Cl3F4N5O4. The fraction of sp³-hybridized carbons (Fsp3) is 0.550. The van der Waals surface area contributed by atoms with Crippen LogP contribution < -0.4 is 20.4 Å². The third-order valence-electron chi connectivity index (χ3n) is 5.51. The monoisotopic (exact) mass is 577 g/mol. The molecule has 0 spiro atoms. The molecule has 1 aromatic rings. The van der Waals surface area contributed by atoms with Crippen molar-refractivity contribution in [2.45, 2.75) is 35.5 Å². The van der Waals surface area contributed by atoms with E-state index in [0.29, 0.717) is 11.4 Å². The maximum absolute atomic E-state index is 15.0. The minimum absolute atomic E-state index is 0.142. The van der Waals surface area contributed by atoms with Crippen LogP contribution in [0.2, 0.25) is 0 Å². The number of halogens is 7. The van der Waals surface area contributed by atoms with Gasteiger partial charge in [0.2, 0.25) is 9.70 Å². The molecule has 1 aromatic carbocycles. The molecule has 3 amide bonds. The number of carbonyl (C=O) groups is 3. The van der Waals surface area contributed by atoms with Crippen LogP contribution in [0, 0.1) is 0 Å². The van der Waals surface area contributed by atoms with E-state index in [1.807, 2.05) is 0 Å². The quantitative estimate of drug-likeness (QED) is 0.306. The highest BCUT2D eigenvalue weighted by molar-refractivity contribution is 6.68. The molecule has 0 saturated carbocycles. The molecule has 2 fully saturated rings. The summed E-state index contributed by atoms with van der Waals surface area (Å²) in [7, 11) is 0. The van der Waals surface area contributed by atoms with Crippen molar-refractivity contribution in [3.8, 4) is 0 Å². The van der Waals surface area contributed by atoms with E-state index in [9.17, 15) is 27.6 Å². The van der Waals surface area contributed by atoms with E-state index in [-0.39, 0.29) is 38.6 Å². The van der Waals surface area contributed by atoms with E-state index in [2.05, 4.69) is 5.32 Å². The normalized spacial score (nSPS) is 22.3. The molecule has 3 unspecified atom stereocenters. The van der Waals surface area contributed by atoms with E-state index in [0.717, 1.165) is 4.90 Å². The highest BCUT2D eigenvalue weighted by Gasteiger charge is 2.48. The van der Waals surface area contributed by atoms with Gasteiger partial charge >= 0.3 is 18.2 Å². The Kier molecular flexibility index (Phi) is 8.69. The lowest BCUT2D eigenvalue weighted by atomic mass is 10.2. The van der Waals surface area contributed by atoms with E-state index in [4.69, 9.17) is 39.5 Å². The zero-order chi connectivity index (χ0) is 26.8. The third kappa shape index (κ3) is 6.96. The van der Waals surface area contributed by atoms with Crippen molar-refractivity contribution in [1.82, 2.24) is 15.5 Å². The number of piperazine rings is 1. The standard InChI is InChI=1S/C20H22Cl3F4N5O4/c1-11(33)28-8-14-9-32(18(35)36-14)13-4-2-12(3-5-13)30-6-7-31(15(24)10-30)16(19(21,22)23)29-17(34)20(25,26)27/h2-5,14-16H,6-10H2,1H3,(H,28,33)(H,29,34). The summed E-state index contributed by atoms with van der Waals surface area (Å²) in [5.74, 6) is -2.60. The lowest BCUT2D eigenvalue weighted by molar-refractivity contribution is -0.176. The molecule has 0 bridgehead atoms. The van der Waals surface area contributed by atoms with E-state index < -0.39 is 40.5 Å². The van der Waals surface area contributed by atoms with Gasteiger partial charge in [-0.1, -0.05) is 34.8 Å². The number of hydrogen-bond acceptors (Lipinski definition) is 6. The number of rotatable bonds is 6. The summed E-state index contributed by atoms with van der Waals surface area (Å²) in [5, 5.41) is 4.13. The Hall–Kier alpha value is -2.22. The van der Waals surface area contributed by atoms with Gasteiger partial charge in [-0.05, 0) is 24.3 Å². The fourth-order valence-corrected chi connectivity index (χ4v) is 4.32. The second-order valence-electron chi connectivity index (χ2n) is 8.10. The minimum atomic E-state index is -5.24. The van der Waals surface area contributed by atoms with Crippen LogP contribution in [0.15, 0.2) is 24.3 Å². The van der Waals surface area contributed by atoms with Gasteiger partial charge in [0, 0.05) is 31.4 Å². The molecule has 3 rings (SSSR count). The average Bonchev–Trinajstić information content (AvgIpc) is 3.15. The molecule has 2 heterocycles. The second kappa shape index (κ2) is 11.0. The molecule has 16 heteroatoms. The Morgan fingerprint density at radius 3 is 2.25 bits per heavy atom. The van der Waals surface area contributed by atoms with Gasteiger partial charge in [-0.15, -0.1) is 0 Å². The van der Waals surface area contributed by atoms with Gasteiger partial charge in [0.25, 0.3) is 0 Å². The summed E-state index contributed by atoms with van der Waals surface area (Å²) < 4.78 is 55.9. The Morgan fingerprint density at radius 2 is 1.72 bits per heavy atom. The van der Waals surface area contributed by atoms with Crippen molar-refractivity contribution in [2.75, 3.05) is 42.5 Å². The fourth-order valence-electron chi connectivity index (χ4n) is 3.78. The number of nitrogens with one attached hydrogen (secondary N) is 2. The van der Waals surface area contributed by atoms with Gasteiger partial charge in [-0.2, -0.15) is 13.2 Å². The first-order valence-corrected chi connectivity index (χ1v) is 11.7. The SMILES string of the molecule is CC(=O)NCC1CN(c2ccc(N3CCN(C(NC(=O)C(F)(F)F)C(Cl)(Cl)Cl)C(F)C3)cc2)C(=O)O1. The molecular weight excluding hydrogens is 557 g/mol. The van der Waals surface area contributed by atoms with Crippen molar-refractivity contribution in [3.05, 3.63) is 24.3 Å². The number of nitrogens with zero attached hydrogens (tertiary/aromatic N) is 3. The first kappa shape index (κ1) is 28.4. The van der Waals surface area contributed by atoms with Gasteiger partial charge in [-0.25, -0.2) is 14.1 Å². The maximum atomic E-state index is 15.0. The van der Waals surface area contributed by atoms with Gasteiger partial charge in [0.1, 0.15) is 12.3 Å². The van der Waals surface area contributed by atoms with Crippen molar-refractivity contribution >= 4 is 64.1 Å². The van der Waals surface area contributed by atoms with E-state index in [1.54, 1.807) is 34.5 Å². The van der Waals surface area contributed by atoms with Crippen LogP contribution in [0.1, 0.15) is 6.92 Å². The molecule has 0 aromatic heterocycles. The van der Waals surface area contributed by atoms with Crippen molar-refractivity contribution < 1.29 is 36.7 Å². The highest BCUT2D eigenvalue weighted by Crippen LogP contribution is 2.35. The molecule has 2 N–H and O–H groups in total. The summed E-state index contributed by atoms with van der Waals surface area (Å²) in [6.45, 7) is 1.45. The first-order valence-electron chi connectivity index (χ1n) is 10.6. The molecule has 2 saturated heterocycles. The average molecular weight is 579 g/mol. The van der Waals surface area contributed by atoms with Gasteiger partial charge < -0.3 is 20.3 Å². The van der Waals surface area contributed by atoms with Crippen LogP contribution in [0.3, 0.4) is 0 Å². The molecule has 9 nitrogen and oxygen atoms in total. The molecule has 3 atom stereocenters. The number of benzene rings is 1. The second-order valence-corrected chi connectivity index (χ2v) is 10.5. The minimum Gasteiger partial charge on any atom is -0.442 e. The summed E-state index contributed by atoms with van der Waals surface area (Å²) in [6, 6.07) is 6.54. The van der Waals surface area contributed by atoms with Crippen LogP contribution in [0.25, 0.3) is 0 Å². The summed E-state index contributed by atoms with van der Waals surface area (Å²) in [6.07, 6.45) is -10.1. The lowest BCUT2D eigenvalue weighted by Crippen LogP contribution is -2.64. The van der Waals surface area contributed by atoms with E-state index >= 15 is 4.39 Å². The van der Waals surface area contributed by atoms with Crippen molar-refractivity contribution in [3.63, 3.8) is 0 Å². The molecule has 200 valence electrons. The van der Waals surface area contributed by atoms with Crippen LogP contribution in [-0.4, -0.2) is 84.1 Å². The summed E-state index contributed by atoms with van der Waals surface area (Å²) in [5.41, 5.74) is 1.10. The zero-order valence-corrected chi connectivity index (χ0v) is 21.0. The summed E-state index contributed by atoms with van der Waals surface area (Å²) >= 11 is 17.2. The number of ether oxygens (including phenoxy) is 1. The van der Waals surface area contributed by atoms with Crippen molar-refractivity contribution in [1.29, 1.82) is 0 Å². The molecule has 2 aliphatic rings. The number of amides is 3. The van der Waals surface area contributed by atoms with Crippen LogP contribution in [-0.2, 0) is 14.3 Å². The van der Waals surface area contributed by atoms with Gasteiger partial charge in [0.15, 0.2) is 6.30 Å². The lowest BCUT2D eigenvalue weighted by Gasteiger charge is -2.44. The first-order chi connectivity index (χ1) is 16.7. The number of cyclic esters (lactones) is 1. The molecule has 2 aliphatic heterocycles. The number of anilines is 2. The van der Waals surface area contributed by atoms with Gasteiger partial charge in [0.05, 0.1) is 19.6 Å². The number of carbonyl (C=O) groups excluding carboxylic acids is 3. The number of alkyl halides is 7. The Bertz CT molecular complexity index is 980. The van der Waals surface area contributed by atoms with Crippen LogP contribution in [0.4, 0.5) is 33.7 Å². The Morgan fingerprint density at radius 1 is 1.11 bits per heavy atom. The number of hydrogen-bond donors (Lipinski definition) is 2. The predicted molar refractivity (Wildman–Crippen MR) is 125 cm³/mol. The smallest absolute Gasteiger partial charge is 0.442 e. The van der Waals surface area contributed by atoms with Gasteiger partial charge in [-0.3, -0.25) is 14.5 Å². The largest absolute Gasteiger partial charge is 0.471 e.